The van der Waals surface area contributed by atoms with Crippen LogP contribution in [0.3, 0.4) is 0 Å². The monoisotopic (exact) mass is 330 g/mol. The van der Waals surface area contributed by atoms with Crippen LogP contribution < -0.4 is 10.2 Å². The number of nitrogens with zero attached hydrogens (tertiary/aromatic N) is 1. The third-order valence-corrected chi connectivity index (χ3v) is 4.35. The first-order chi connectivity index (χ1) is 11.0. The maximum absolute atomic E-state index is 11.9. The lowest BCUT2D eigenvalue weighted by molar-refractivity contribution is -0.123. The number of aryl methyl sites for hydroxylation is 1. The van der Waals surface area contributed by atoms with E-state index in [9.17, 15) is 4.79 Å². The Morgan fingerprint density at radius 2 is 2.13 bits per heavy atom. The molecule has 122 valence electrons. The average molecular weight is 330 g/mol. The van der Waals surface area contributed by atoms with Crippen molar-refractivity contribution in [1.29, 1.82) is 0 Å². The predicted molar refractivity (Wildman–Crippen MR) is 95.4 cm³/mol. The van der Waals surface area contributed by atoms with Gasteiger partial charge in [0.2, 0.25) is 0 Å². The van der Waals surface area contributed by atoms with E-state index in [1.165, 1.54) is 0 Å². The number of nitrogens with one attached hydrogen (secondary N) is 1. The number of thiophene rings is 1. The minimum atomic E-state index is -0.267. The summed E-state index contributed by atoms with van der Waals surface area (Å²) in [5.74, 6) is 0.832. The first kappa shape index (κ1) is 17.2. The molecule has 0 saturated heterocycles. The number of carbonyl (C=O) groups is 1. The molecule has 1 aromatic heterocycles. The summed E-state index contributed by atoms with van der Waals surface area (Å²) in [6.07, 6.45) is 0. The molecular formula is C18H22N2O2S. The Morgan fingerprint density at radius 1 is 1.35 bits per heavy atom. The van der Waals surface area contributed by atoms with Gasteiger partial charge in [-0.3, -0.25) is 4.79 Å². The minimum Gasteiger partial charge on any atom is -0.483 e. The molecule has 2 aromatic rings. The maximum atomic E-state index is 11.9. The number of carbonyl (C=O) groups excluding carboxylic acids is 1. The van der Waals surface area contributed by atoms with Crippen LogP contribution in [0.4, 0.5) is 0 Å². The van der Waals surface area contributed by atoms with Gasteiger partial charge in [0.05, 0.1) is 5.71 Å². The molecule has 0 atom stereocenters. The molecule has 23 heavy (non-hydrogen) atoms. The van der Waals surface area contributed by atoms with E-state index in [-0.39, 0.29) is 12.5 Å². The molecule has 0 saturated carbocycles. The second kappa shape index (κ2) is 7.92. The van der Waals surface area contributed by atoms with Crippen molar-refractivity contribution in [3.8, 4) is 5.75 Å². The van der Waals surface area contributed by atoms with Crippen molar-refractivity contribution in [2.24, 2.45) is 5.10 Å². The Bertz CT molecular complexity index is 691. The van der Waals surface area contributed by atoms with E-state index in [0.717, 1.165) is 27.5 Å². The molecule has 1 amide bonds. The van der Waals surface area contributed by atoms with Crippen molar-refractivity contribution in [2.45, 2.75) is 33.6 Å². The molecule has 0 spiro atoms. The molecule has 5 heteroatoms. The molecule has 0 radical (unpaired) electrons. The van der Waals surface area contributed by atoms with Gasteiger partial charge in [0.25, 0.3) is 5.91 Å². The lowest BCUT2D eigenvalue weighted by atomic mass is 10.0. The van der Waals surface area contributed by atoms with E-state index >= 15 is 0 Å². The summed E-state index contributed by atoms with van der Waals surface area (Å²) < 4.78 is 5.69. The quantitative estimate of drug-likeness (QED) is 0.640. The molecular weight excluding hydrogens is 308 g/mol. The van der Waals surface area contributed by atoms with Gasteiger partial charge in [-0.2, -0.15) is 5.10 Å². The molecule has 1 N–H and O–H groups in total. The largest absolute Gasteiger partial charge is 0.483 e. The van der Waals surface area contributed by atoms with Crippen molar-refractivity contribution < 1.29 is 9.53 Å². The van der Waals surface area contributed by atoms with Gasteiger partial charge in [-0.05, 0) is 48.4 Å². The van der Waals surface area contributed by atoms with Crippen LogP contribution in [0.1, 0.15) is 42.7 Å². The number of hydrogen-bond donors (Lipinski definition) is 1. The first-order valence-electron chi connectivity index (χ1n) is 7.57. The fraction of sp³-hybridized carbons (Fsp3) is 0.333. The molecule has 0 aliphatic heterocycles. The Balaban J connectivity index is 1.95. The van der Waals surface area contributed by atoms with Gasteiger partial charge in [0, 0.05) is 4.88 Å². The first-order valence-corrected chi connectivity index (χ1v) is 8.45. The number of hydrazone groups is 1. The summed E-state index contributed by atoms with van der Waals surface area (Å²) in [5, 5.41) is 6.08. The smallest absolute Gasteiger partial charge is 0.277 e. The van der Waals surface area contributed by atoms with Crippen LogP contribution in [-0.2, 0) is 4.79 Å². The summed E-state index contributed by atoms with van der Waals surface area (Å²) in [5.41, 5.74) is 5.53. The van der Waals surface area contributed by atoms with Gasteiger partial charge in [0.15, 0.2) is 6.61 Å². The van der Waals surface area contributed by atoms with Crippen molar-refractivity contribution in [2.75, 3.05) is 6.61 Å². The highest BCUT2D eigenvalue weighted by Gasteiger charge is 2.10. The van der Waals surface area contributed by atoms with E-state index in [1.54, 1.807) is 11.3 Å². The predicted octanol–water partition coefficient (Wildman–Crippen LogP) is 4.10. The zero-order valence-electron chi connectivity index (χ0n) is 13.9. The van der Waals surface area contributed by atoms with E-state index < -0.39 is 0 Å². The second-order valence-electron chi connectivity index (χ2n) is 5.69. The standard InChI is InChI=1S/C18H22N2O2S/c1-12(2)15-8-7-13(3)10-16(15)22-11-18(21)20-19-14(4)17-6-5-9-23-17/h5-10,12H,11H2,1-4H3,(H,20,21)/b19-14+. The van der Waals surface area contributed by atoms with Gasteiger partial charge in [0.1, 0.15) is 5.75 Å². The van der Waals surface area contributed by atoms with Gasteiger partial charge in [-0.1, -0.05) is 32.0 Å². The Kier molecular flexibility index (Phi) is 5.93. The minimum absolute atomic E-state index is 0.0512. The summed E-state index contributed by atoms with van der Waals surface area (Å²) in [6.45, 7) is 8.03. The maximum Gasteiger partial charge on any atom is 0.277 e. The average Bonchev–Trinajstić information content (AvgIpc) is 3.04. The molecule has 0 aliphatic rings. The van der Waals surface area contributed by atoms with Crippen LogP contribution in [0.5, 0.6) is 5.75 Å². The Morgan fingerprint density at radius 3 is 2.78 bits per heavy atom. The fourth-order valence-electron chi connectivity index (χ4n) is 2.10. The van der Waals surface area contributed by atoms with Gasteiger partial charge >= 0.3 is 0 Å². The van der Waals surface area contributed by atoms with Crippen molar-refractivity contribution >= 4 is 23.0 Å². The number of rotatable bonds is 6. The highest BCUT2D eigenvalue weighted by molar-refractivity contribution is 7.12. The molecule has 2 rings (SSSR count). The lowest BCUT2D eigenvalue weighted by Gasteiger charge is -2.14. The van der Waals surface area contributed by atoms with Crippen LogP contribution >= 0.6 is 11.3 Å². The van der Waals surface area contributed by atoms with Gasteiger partial charge in [-0.15, -0.1) is 11.3 Å². The van der Waals surface area contributed by atoms with Crippen LogP contribution in [0.15, 0.2) is 40.8 Å². The van der Waals surface area contributed by atoms with Crippen molar-refractivity contribution in [3.63, 3.8) is 0 Å². The SMILES string of the molecule is C/C(=N\NC(=O)COc1cc(C)ccc1C(C)C)c1cccs1. The molecule has 1 aromatic carbocycles. The summed E-state index contributed by atoms with van der Waals surface area (Å²) in [6, 6.07) is 9.98. The van der Waals surface area contributed by atoms with Gasteiger partial charge < -0.3 is 4.74 Å². The Hall–Kier alpha value is -2.14. The zero-order valence-corrected chi connectivity index (χ0v) is 14.7. The summed E-state index contributed by atoms with van der Waals surface area (Å²) >= 11 is 1.59. The van der Waals surface area contributed by atoms with E-state index in [0.29, 0.717) is 5.92 Å². The molecule has 0 aliphatic carbocycles. The third-order valence-electron chi connectivity index (χ3n) is 3.38. The second-order valence-corrected chi connectivity index (χ2v) is 6.64. The normalized spacial score (nSPS) is 11.6. The highest BCUT2D eigenvalue weighted by Crippen LogP contribution is 2.27. The van der Waals surface area contributed by atoms with E-state index in [4.69, 9.17) is 4.74 Å². The number of hydrogen-bond acceptors (Lipinski definition) is 4. The highest BCUT2D eigenvalue weighted by atomic mass is 32.1. The van der Waals surface area contributed by atoms with Crippen molar-refractivity contribution in [1.82, 2.24) is 5.43 Å². The number of amides is 1. The lowest BCUT2D eigenvalue weighted by Crippen LogP contribution is -2.25. The molecule has 0 fully saturated rings. The molecule has 0 unspecified atom stereocenters. The summed E-state index contributed by atoms with van der Waals surface area (Å²) in [7, 11) is 0. The van der Waals surface area contributed by atoms with Crippen LogP contribution in [0, 0.1) is 6.92 Å². The zero-order chi connectivity index (χ0) is 16.8. The van der Waals surface area contributed by atoms with E-state index in [1.807, 2.05) is 43.5 Å². The third kappa shape index (κ3) is 4.93. The number of ether oxygens (including phenoxy) is 1. The molecule has 0 bridgehead atoms. The topological polar surface area (TPSA) is 50.7 Å². The van der Waals surface area contributed by atoms with Crippen LogP contribution in [0.2, 0.25) is 0 Å². The number of benzene rings is 1. The Labute approximate surface area is 141 Å². The molecule has 1 heterocycles. The summed E-state index contributed by atoms with van der Waals surface area (Å²) in [4.78, 5) is 13.0. The molecule has 4 nitrogen and oxygen atoms in total. The van der Waals surface area contributed by atoms with Gasteiger partial charge in [-0.25, -0.2) is 5.43 Å². The van der Waals surface area contributed by atoms with E-state index in [2.05, 4.69) is 30.4 Å². The fourth-order valence-corrected chi connectivity index (χ4v) is 2.78. The van der Waals surface area contributed by atoms with Crippen LogP contribution in [0.25, 0.3) is 0 Å². The van der Waals surface area contributed by atoms with Crippen molar-refractivity contribution in [3.05, 3.63) is 51.7 Å². The van der Waals surface area contributed by atoms with Crippen LogP contribution in [-0.4, -0.2) is 18.2 Å².